The normalized spacial score (nSPS) is 9.95. The predicted molar refractivity (Wildman–Crippen MR) is 74.7 cm³/mol. The molecular weight excluding hydrogens is 261 g/mol. The van der Waals surface area contributed by atoms with Crippen molar-refractivity contribution < 1.29 is 13.9 Å². The van der Waals surface area contributed by atoms with Crippen LogP contribution in [0, 0.1) is 5.82 Å². The third-order valence-electron chi connectivity index (χ3n) is 2.70. The summed E-state index contributed by atoms with van der Waals surface area (Å²) in [5.41, 5.74) is 0.727. The van der Waals surface area contributed by atoms with E-state index in [0.717, 1.165) is 0 Å². The van der Waals surface area contributed by atoms with Crippen LogP contribution in [-0.2, 0) is 0 Å². The predicted octanol–water partition coefficient (Wildman–Crippen LogP) is 2.52. The summed E-state index contributed by atoms with van der Waals surface area (Å²) in [4.78, 5) is 16.2. The molecule has 1 aromatic carbocycles. The summed E-state index contributed by atoms with van der Waals surface area (Å²) >= 11 is 0. The smallest absolute Gasteiger partial charge is 0.259 e. The Morgan fingerprint density at radius 3 is 2.80 bits per heavy atom. The molecule has 0 saturated heterocycles. The Hall–Kier alpha value is -2.63. The van der Waals surface area contributed by atoms with Gasteiger partial charge in [-0.3, -0.25) is 4.79 Å². The summed E-state index contributed by atoms with van der Waals surface area (Å²) in [7, 11) is 3.05. The molecule has 0 aliphatic heterocycles. The zero-order chi connectivity index (χ0) is 14.5. The van der Waals surface area contributed by atoms with Crippen LogP contribution in [0.4, 0.5) is 15.9 Å². The maximum absolute atomic E-state index is 13.5. The van der Waals surface area contributed by atoms with Gasteiger partial charge in [0.05, 0.1) is 12.7 Å². The molecule has 104 valence electrons. The number of amides is 1. The molecule has 1 amide bonds. The van der Waals surface area contributed by atoms with Crippen molar-refractivity contribution in [2.45, 2.75) is 0 Å². The van der Waals surface area contributed by atoms with Crippen LogP contribution in [-0.4, -0.2) is 25.0 Å². The molecule has 1 aromatic heterocycles. The number of methoxy groups -OCH3 is 1. The van der Waals surface area contributed by atoms with Gasteiger partial charge in [0.1, 0.15) is 5.82 Å². The number of hydrogen-bond acceptors (Lipinski definition) is 4. The minimum absolute atomic E-state index is 0.125. The van der Waals surface area contributed by atoms with Gasteiger partial charge >= 0.3 is 0 Å². The first-order chi connectivity index (χ1) is 9.65. The van der Waals surface area contributed by atoms with Crippen molar-refractivity contribution in [3.05, 3.63) is 47.9 Å². The Bertz CT molecular complexity index is 632. The molecule has 20 heavy (non-hydrogen) atoms. The Kier molecular flexibility index (Phi) is 4.14. The second-order valence-corrected chi connectivity index (χ2v) is 3.95. The first-order valence-electron chi connectivity index (χ1n) is 5.93. The number of ether oxygens (including phenoxy) is 1. The molecular formula is C14H14FN3O2. The fourth-order valence-electron chi connectivity index (χ4n) is 1.73. The molecule has 1 heterocycles. The maximum Gasteiger partial charge on any atom is 0.259 e. The number of aromatic nitrogens is 1. The molecule has 0 unspecified atom stereocenters. The van der Waals surface area contributed by atoms with E-state index < -0.39 is 5.82 Å². The molecule has 6 heteroatoms. The highest BCUT2D eigenvalue weighted by Crippen LogP contribution is 2.21. The van der Waals surface area contributed by atoms with Gasteiger partial charge < -0.3 is 15.4 Å². The minimum atomic E-state index is -0.537. The van der Waals surface area contributed by atoms with Crippen LogP contribution in [0.1, 0.15) is 10.4 Å². The lowest BCUT2D eigenvalue weighted by Gasteiger charge is -2.09. The highest BCUT2D eigenvalue weighted by Gasteiger charge is 2.12. The van der Waals surface area contributed by atoms with Crippen LogP contribution in [0.15, 0.2) is 36.5 Å². The Labute approximate surface area is 115 Å². The van der Waals surface area contributed by atoms with E-state index in [9.17, 15) is 9.18 Å². The maximum atomic E-state index is 13.5. The Morgan fingerprint density at radius 2 is 2.15 bits per heavy atom. The number of rotatable bonds is 4. The Balaban J connectivity index is 2.21. The minimum Gasteiger partial charge on any atom is -0.494 e. The molecule has 0 bridgehead atoms. The third kappa shape index (κ3) is 2.85. The first-order valence-corrected chi connectivity index (χ1v) is 5.93. The van der Waals surface area contributed by atoms with Crippen LogP contribution in [0.3, 0.4) is 0 Å². The van der Waals surface area contributed by atoms with Crippen molar-refractivity contribution in [2.75, 3.05) is 24.8 Å². The van der Waals surface area contributed by atoms with Gasteiger partial charge in [0.15, 0.2) is 11.6 Å². The summed E-state index contributed by atoms with van der Waals surface area (Å²) in [6.45, 7) is 0. The topological polar surface area (TPSA) is 63.2 Å². The molecule has 2 aromatic rings. The average molecular weight is 275 g/mol. The van der Waals surface area contributed by atoms with Crippen molar-refractivity contribution in [1.82, 2.24) is 4.98 Å². The van der Waals surface area contributed by atoms with Gasteiger partial charge in [0.2, 0.25) is 0 Å². The molecule has 0 saturated carbocycles. The molecule has 5 nitrogen and oxygen atoms in total. The molecule has 0 aliphatic rings. The standard InChI is InChI=1S/C14H14FN3O2/c1-16-13-10(4-3-7-17-13)14(19)18-9-5-6-12(20-2)11(15)8-9/h3-8H,1-2H3,(H,16,17)(H,18,19). The molecule has 2 rings (SSSR count). The summed E-state index contributed by atoms with van der Waals surface area (Å²) in [5.74, 6) is -0.323. The van der Waals surface area contributed by atoms with Crippen LogP contribution < -0.4 is 15.4 Å². The van der Waals surface area contributed by atoms with Crippen molar-refractivity contribution in [2.24, 2.45) is 0 Å². The van der Waals surface area contributed by atoms with E-state index in [2.05, 4.69) is 15.6 Å². The lowest BCUT2D eigenvalue weighted by Crippen LogP contribution is -2.14. The van der Waals surface area contributed by atoms with Gasteiger partial charge in [-0.05, 0) is 24.3 Å². The van der Waals surface area contributed by atoms with Crippen molar-refractivity contribution in [3.63, 3.8) is 0 Å². The molecule has 0 fully saturated rings. The summed E-state index contributed by atoms with van der Waals surface area (Å²) < 4.78 is 18.4. The first kappa shape index (κ1) is 13.8. The number of nitrogens with zero attached hydrogens (tertiary/aromatic N) is 1. The van der Waals surface area contributed by atoms with E-state index >= 15 is 0 Å². The van der Waals surface area contributed by atoms with E-state index in [1.807, 2.05) is 0 Å². The summed E-state index contributed by atoms with van der Waals surface area (Å²) in [5, 5.41) is 5.44. The van der Waals surface area contributed by atoms with Gasteiger partial charge in [-0.15, -0.1) is 0 Å². The fourth-order valence-corrected chi connectivity index (χ4v) is 1.73. The number of benzene rings is 1. The third-order valence-corrected chi connectivity index (χ3v) is 2.70. The van der Waals surface area contributed by atoms with Crippen LogP contribution in [0.25, 0.3) is 0 Å². The van der Waals surface area contributed by atoms with Gasteiger partial charge in [0.25, 0.3) is 5.91 Å². The van der Waals surface area contributed by atoms with Gasteiger partial charge in [-0.2, -0.15) is 0 Å². The number of nitrogens with one attached hydrogen (secondary N) is 2. The zero-order valence-corrected chi connectivity index (χ0v) is 11.1. The second-order valence-electron chi connectivity index (χ2n) is 3.95. The highest BCUT2D eigenvalue weighted by atomic mass is 19.1. The van der Waals surface area contributed by atoms with Crippen molar-refractivity contribution in [1.29, 1.82) is 0 Å². The highest BCUT2D eigenvalue weighted by molar-refractivity contribution is 6.07. The van der Waals surface area contributed by atoms with Gasteiger partial charge in [-0.25, -0.2) is 9.37 Å². The number of hydrogen-bond donors (Lipinski definition) is 2. The zero-order valence-electron chi connectivity index (χ0n) is 11.1. The monoisotopic (exact) mass is 275 g/mol. The number of pyridine rings is 1. The average Bonchev–Trinajstić information content (AvgIpc) is 2.47. The van der Waals surface area contributed by atoms with Gasteiger partial charge in [0, 0.05) is 25.0 Å². The molecule has 0 atom stereocenters. The van der Waals surface area contributed by atoms with Crippen LogP contribution in [0.5, 0.6) is 5.75 Å². The van der Waals surface area contributed by atoms with Gasteiger partial charge in [-0.1, -0.05) is 0 Å². The SMILES string of the molecule is CNc1ncccc1C(=O)Nc1ccc(OC)c(F)c1. The number of carbonyl (C=O) groups excluding carboxylic acids is 1. The summed E-state index contributed by atoms with van der Waals surface area (Å²) in [6.07, 6.45) is 1.58. The van der Waals surface area contributed by atoms with E-state index in [-0.39, 0.29) is 11.7 Å². The fraction of sp³-hybridized carbons (Fsp3) is 0.143. The van der Waals surface area contributed by atoms with E-state index in [4.69, 9.17) is 4.74 Å². The largest absolute Gasteiger partial charge is 0.494 e. The lowest BCUT2D eigenvalue weighted by molar-refractivity contribution is 0.102. The lowest BCUT2D eigenvalue weighted by atomic mass is 10.2. The van der Waals surface area contributed by atoms with E-state index in [1.165, 1.54) is 19.2 Å². The van der Waals surface area contributed by atoms with E-state index in [0.29, 0.717) is 17.1 Å². The molecule has 0 spiro atoms. The van der Waals surface area contributed by atoms with Crippen LogP contribution >= 0.6 is 0 Å². The van der Waals surface area contributed by atoms with Crippen molar-refractivity contribution >= 4 is 17.4 Å². The summed E-state index contributed by atoms with van der Waals surface area (Å²) in [6, 6.07) is 7.51. The second kappa shape index (κ2) is 6.01. The molecule has 0 radical (unpaired) electrons. The quantitative estimate of drug-likeness (QED) is 0.900. The van der Waals surface area contributed by atoms with Crippen LogP contribution in [0.2, 0.25) is 0 Å². The number of halogens is 1. The number of anilines is 2. The van der Waals surface area contributed by atoms with E-state index in [1.54, 1.807) is 31.4 Å². The Morgan fingerprint density at radius 1 is 1.35 bits per heavy atom. The number of carbonyl (C=O) groups is 1. The van der Waals surface area contributed by atoms with Crippen molar-refractivity contribution in [3.8, 4) is 5.75 Å². The molecule has 2 N–H and O–H groups in total. The molecule has 0 aliphatic carbocycles.